The molecule has 192 valence electrons. The highest BCUT2D eigenvalue weighted by Crippen LogP contribution is 2.33. The molecule has 1 aliphatic heterocycles. The predicted molar refractivity (Wildman–Crippen MR) is 146 cm³/mol. The lowest BCUT2D eigenvalue weighted by Gasteiger charge is -2.13. The van der Waals surface area contributed by atoms with Gasteiger partial charge in [-0.3, -0.25) is 4.79 Å². The average Bonchev–Trinajstić information content (AvgIpc) is 3.69. The fraction of sp³-hybridized carbons (Fsp3) is 0.310. The number of carbonyl (C=O) groups excluding carboxylic acids is 1. The smallest absolute Gasteiger partial charge is 0.253 e. The molecule has 1 saturated heterocycles. The second-order valence-corrected chi connectivity index (χ2v) is 9.93. The molecule has 1 atom stereocenters. The first-order valence-electron chi connectivity index (χ1n) is 12.4. The second kappa shape index (κ2) is 11.2. The van der Waals surface area contributed by atoms with Crippen LogP contribution in [0.15, 0.2) is 60.0 Å². The molecule has 5 rings (SSSR count). The van der Waals surface area contributed by atoms with Gasteiger partial charge in [0.1, 0.15) is 16.5 Å². The molecule has 2 aromatic carbocycles. The Labute approximate surface area is 221 Å². The summed E-state index contributed by atoms with van der Waals surface area (Å²) in [5.41, 5.74) is 5.43. The number of hydrogen-bond donors (Lipinski definition) is 1. The van der Waals surface area contributed by atoms with Crippen LogP contribution in [0, 0.1) is 6.92 Å². The van der Waals surface area contributed by atoms with Crippen molar-refractivity contribution >= 4 is 17.2 Å². The first kappa shape index (κ1) is 25.0. The lowest BCUT2D eigenvalue weighted by molar-refractivity contribution is 0.0857. The second-order valence-electron chi connectivity index (χ2n) is 9.07. The van der Waals surface area contributed by atoms with Crippen LogP contribution in [0.5, 0.6) is 11.5 Å². The quantitative estimate of drug-likeness (QED) is 0.315. The monoisotopic (exact) mass is 517 g/mol. The molecular formula is C29H31N3O4S. The van der Waals surface area contributed by atoms with Crippen LogP contribution in [0.4, 0.5) is 0 Å². The van der Waals surface area contributed by atoms with Crippen LogP contribution in [0.3, 0.4) is 0 Å². The molecule has 0 saturated carbocycles. The Balaban J connectivity index is 1.47. The average molecular weight is 518 g/mol. The Morgan fingerprint density at radius 3 is 2.46 bits per heavy atom. The van der Waals surface area contributed by atoms with Crippen molar-refractivity contribution in [2.45, 2.75) is 32.4 Å². The highest BCUT2D eigenvalue weighted by Gasteiger charge is 2.22. The number of aromatic nitrogens is 2. The minimum Gasteiger partial charge on any atom is -0.497 e. The zero-order valence-corrected chi connectivity index (χ0v) is 22.1. The minimum absolute atomic E-state index is 0.0895. The summed E-state index contributed by atoms with van der Waals surface area (Å²) >= 11 is 1.58. The van der Waals surface area contributed by atoms with E-state index >= 15 is 0 Å². The van der Waals surface area contributed by atoms with Gasteiger partial charge in [-0.1, -0.05) is 12.1 Å². The standard InChI is InChI=1S/C29H31N3O4S/c1-19-25(28(33)30-16-24-5-4-14-36-24)15-27(32(19)17-20-6-10-22(34-2)11-7-20)26-18-37-29(31-26)21-8-12-23(35-3)13-9-21/h6-13,15,18,24H,4-5,14,16-17H2,1-3H3,(H,30,33). The molecule has 7 nitrogen and oxygen atoms in total. The van der Waals surface area contributed by atoms with E-state index in [4.69, 9.17) is 19.2 Å². The van der Waals surface area contributed by atoms with Gasteiger partial charge in [-0.25, -0.2) is 4.98 Å². The van der Waals surface area contributed by atoms with E-state index < -0.39 is 0 Å². The zero-order valence-electron chi connectivity index (χ0n) is 21.3. The highest BCUT2D eigenvalue weighted by atomic mass is 32.1. The molecule has 8 heteroatoms. The van der Waals surface area contributed by atoms with Crippen LogP contribution in [-0.2, 0) is 11.3 Å². The Morgan fingerprint density at radius 1 is 1.11 bits per heavy atom. The van der Waals surface area contributed by atoms with E-state index in [2.05, 4.69) is 9.88 Å². The SMILES string of the molecule is COc1ccc(Cn2c(-c3csc(-c4ccc(OC)cc4)n3)cc(C(=O)NCC3CCCO3)c2C)cc1. The number of rotatable bonds is 9. The van der Waals surface area contributed by atoms with Crippen molar-refractivity contribution in [2.75, 3.05) is 27.4 Å². The molecule has 1 fully saturated rings. The van der Waals surface area contributed by atoms with Gasteiger partial charge < -0.3 is 24.1 Å². The van der Waals surface area contributed by atoms with E-state index in [-0.39, 0.29) is 12.0 Å². The van der Waals surface area contributed by atoms with Crippen LogP contribution >= 0.6 is 11.3 Å². The summed E-state index contributed by atoms with van der Waals surface area (Å²) in [4.78, 5) is 18.2. The summed E-state index contributed by atoms with van der Waals surface area (Å²) < 4.78 is 18.4. The lowest BCUT2D eigenvalue weighted by Crippen LogP contribution is -2.32. The van der Waals surface area contributed by atoms with Crippen molar-refractivity contribution in [3.63, 3.8) is 0 Å². The molecule has 1 unspecified atom stereocenters. The van der Waals surface area contributed by atoms with Crippen molar-refractivity contribution in [1.29, 1.82) is 0 Å². The molecule has 0 radical (unpaired) electrons. The van der Waals surface area contributed by atoms with Crippen LogP contribution < -0.4 is 14.8 Å². The lowest BCUT2D eigenvalue weighted by atomic mass is 10.2. The molecule has 1 amide bonds. The van der Waals surface area contributed by atoms with Crippen LogP contribution in [0.25, 0.3) is 22.0 Å². The topological polar surface area (TPSA) is 74.6 Å². The van der Waals surface area contributed by atoms with E-state index in [9.17, 15) is 4.79 Å². The van der Waals surface area contributed by atoms with Gasteiger partial charge in [0.15, 0.2) is 0 Å². The molecule has 37 heavy (non-hydrogen) atoms. The third-order valence-electron chi connectivity index (χ3n) is 6.73. The Bertz CT molecular complexity index is 1350. The summed E-state index contributed by atoms with van der Waals surface area (Å²) in [6, 6.07) is 17.8. The fourth-order valence-electron chi connectivity index (χ4n) is 4.57. The normalized spacial score (nSPS) is 15.1. The Kier molecular flexibility index (Phi) is 7.58. The first-order chi connectivity index (χ1) is 18.1. The number of methoxy groups -OCH3 is 2. The van der Waals surface area contributed by atoms with Gasteiger partial charge in [-0.15, -0.1) is 11.3 Å². The van der Waals surface area contributed by atoms with Crippen LogP contribution in [-0.4, -0.2) is 48.9 Å². The number of thiazole rings is 1. The zero-order chi connectivity index (χ0) is 25.8. The van der Waals surface area contributed by atoms with Crippen molar-refractivity contribution in [2.24, 2.45) is 0 Å². The first-order valence-corrected chi connectivity index (χ1v) is 13.3. The molecular weight excluding hydrogens is 486 g/mol. The van der Waals surface area contributed by atoms with E-state index in [1.54, 1.807) is 25.6 Å². The molecule has 1 N–H and O–H groups in total. The van der Waals surface area contributed by atoms with Gasteiger partial charge in [-0.2, -0.15) is 0 Å². The number of nitrogens with zero attached hydrogens (tertiary/aromatic N) is 2. The van der Waals surface area contributed by atoms with Gasteiger partial charge in [0.2, 0.25) is 0 Å². The summed E-state index contributed by atoms with van der Waals surface area (Å²) in [5, 5.41) is 6.03. The third-order valence-corrected chi connectivity index (χ3v) is 7.62. The molecule has 2 aromatic heterocycles. The molecule has 1 aliphatic rings. The maximum Gasteiger partial charge on any atom is 0.253 e. The summed E-state index contributed by atoms with van der Waals surface area (Å²) in [6.07, 6.45) is 2.12. The molecule has 4 aromatic rings. The number of amides is 1. The Morgan fingerprint density at radius 2 is 1.81 bits per heavy atom. The van der Waals surface area contributed by atoms with Crippen molar-refractivity contribution in [3.8, 4) is 33.5 Å². The number of ether oxygens (including phenoxy) is 3. The van der Waals surface area contributed by atoms with E-state index in [0.29, 0.717) is 18.7 Å². The van der Waals surface area contributed by atoms with Gasteiger partial charge in [0, 0.05) is 36.3 Å². The van der Waals surface area contributed by atoms with Gasteiger partial charge >= 0.3 is 0 Å². The van der Waals surface area contributed by atoms with Gasteiger partial charge in [-0.05, 0) is 67.8 Å². The van der Waals surface area contributed by atoms with Crippen LogP contribution in [0.2, 0.25) is 0 Å². The maximum atomic E-state index is 13.2. The summed E-state index contributed by atoms with van der Waals surface area (Å²) in [6.45, 7) is 3.89. The summed E-state index contributed by atoms with van der Waals surface area (Å²) in [7, 11) is 3.32. The fourth-order valence-corrected chi connectivity index (χ4v) is 5.39. The van der Waals surface area contributed by atoms with Crippen molar-refractivity contribution < 1.29 is 19.0 Å². The number of carbonyl (C=O) groups is 1. The maximum absolute atomic E-state index is 13.2. The highest BCUT2D eigenvalue weighted by molar-refractivity contribution is 7.13. The van der Waals surface area contributed by atoms with Crippen molar-refractivity contribution in [3.05, 3.63) is 76.8 Å². The molecule has 0 bridgehead atoms. The van der Waals surface area contributed by atoms with E-state index in [1.807, 2.05) is 66.9 Å². The number of nitrogens with one attached hydrogen (secondary N) is 1. The van der Waals surface area contributed by atoms with E-state index in [0.717, 1.165) is 64.2 Å². The molecule has 0 aliphatic carbocycles. The molecule has 3 heterocycles. The number of hydrogen-bond acceptors (Lipinski definition) is 6. The van der Waals surface area contributed by atoms with E-state index in [1.165, 1.54) is 0 Å². The number of benzene rings is 2. The van der Waals surface area contributed by atoms with Crippen molar-refractivity contribution in [1.82, 2.24) is 14.9 Å². The van der Waals surface area contributed by atoms with Gasteiger partial charge in [0.05, 0.1) is 37.3 Å². The molecule has 0 spiro atoms. The van der Waals surface area contributed by atoms with Gasteiger partial charge in [0.25, 0.3) is 5.91 Å². The summed E-state index contributed by atoms with van der Waals surface area (Å²) in [5.74, 6) is 1.53. The van der Waals surface area contributed by atoms with Crippen LogP contribution in [0.1, 0.15) is 34.5 Å². The Hall–Kier alpha value is -3.62. The largest absolute Gasteiger partial charge is 0.497 e. The minimum atomic E-state index is -0.0895. The third kappa shape index (κ3) is 5.55. The predicted octanol–water partition coefficient (Wildman–Crippen LogP) is 5.56.